The number of likely N-dealkylation sites (N-methyl/N-ethyl adjacent to an activating group) is 1. The number of nitrogens with one attached hydrogen (secondary N) is 1. The van der Waals surface area contributed by atoms with Crippen molar-refractivity contribution in [1.82, 2.24) is 10.2 Å². The quantitative estimate of drug-likeness (QED) is 0.359. The van der Waals surface area contributed by atoms with Crippen LogP contribution in [0.25, 0.3) is 0 Å². The van der Waals surface area contributed by atoms with Crippen molar-refractivity contribution in [3.63, 3.8) is 0 Å². The van der Waals surface area contributed by atoms with Gasteiger partial charge in [0.1, 0.15) is 11.8 Å². The molecule has 0 fully saturated rings. The summed E-state index contributed by atoms with van der Waals surface area (Å²) in [7, 11) is 1.52. The molecular formula is C25H22Cl4N2O3. The number of rotatable bonds is 9. The van der Waals surface area contributed by atoms with Gasteiger partial charge in [0.15, 0.2) is 6.61 Å². The van der Waals surface area contributed by atoms with E-state index in [1.54, 1.807) is 30.3 Å². The molecule has 0 aromatic heterocycles. The van der Waals surface area contributed by atoms with Crippen LogP contribution in [0.3, 0.4) is 0 Å². The molecule has 1 atom stereocenters. The summed E-state index contributed by atoms with van der Waals surface area (Å²) in [5.41, 5.74) is 1.42. The number of carbonyl (C=O) groups excluding carboxylic acids is 2. The van der Waals surface area contributed by atoms with Gasteiger partial charge in [-0.1, -0.05) is 82.8 Å². The Morgan fingerprint density at radius 2 is 1.59 bits per heavy atom. The molecule has 0 aliphatic carbocycles. The van der Waals surface area contributed by atoms with Gasteiger partial charge in [0.05, 0.1) is 5.02 Å². The Hall–Kier alpha value is -2.44. The van der Waals surface area contributed by atoms with E-state index in [0.717, 1.165) is 5.56 Å². The second-order valence-electron chi connectivity index (χ2n) is 7.41. The molecule has 0 bridgehead atoms. The van der Waals surface area contributed by atoms with Gasteiger partial charge in [-0.25, -0.2) is 0 Å². The molecule has 0 heterocycles. The Morgan fingerprint density at radius 1 is 0.912 bits per heavy atom. The summed E-state index contributed by atoms with van der Waals surface area (Å²) in [4.78, 5) is 27.8. The van der Waals surface area contributed by atoms with Crippen molar-refractivity contribution in [3.05, 3.63) is 97.9 Å². The third-order valence-corrected chi connectivity index (χ3v) is 6.39. The summed E-state index contributed by atoms with van der Waals surface area (Å²) < 4.78 is 5.67. The van der Waals surface area contributed by atoms with E-state index < -0.39 is 11.9 Å². The Bertz CT molecular complexity index is 1140. The van der Waals surface area contributed by atoms with E-state index in [2.05, 4.69) is 5.32 Å². The van der Waals surface area contributed by atoms with Crippen LogP contribution in [-0.4, -0.2) is 36.4 Å². The number of amides is 2. The number of ether oxygens (including phenoxy) is 1. The van der Waals surface area contributed by atoms with Gasteiger partial charge in [0, 0.05) is 40.6 Å². The van der Waals surface area contributed by atoms with Crippen LogP contribution in [0.4, 0.5) is 0 Å². The molecule has 34 heavy (non-hydrogen) atoms. The van der Waals surface area contributed by atoms with Crippen molar-refractivity contribution in [2.24, 2.45) is 0 Å². The van der Waals surface area contributed by atoms with Crippen molar-refractivity contribution >= 4 is 58.2 Å². The predicted octanol–water partition coefficient (Wildman–Crippen LogP) is 6.07. The van der Waals surface area contributed by atoms with Gasteiger partial charge in [0.25, 0.3) is 5.91 Å². The average Bonchev–Trinajstić information content (AvgIpc) is 2.82. The third-order valence-electron chi connectivity index (χ3n) is 5.15. The van der Waals surface area contributed by atoms with E-state index in [-0.39, 0.29) is 30.5 Å². The smallest absolute Gasteiger partial charge is 0.261 e. The van der Waals surface area contributed by atoms with Crippen LogP contribution in [0.2, 0.25) is 20.1 Å². The first-order chi connectivity index (χ1) is 16.3. The van der Waals surface area contributed by atoms with Gasteiger partial charge in [-0.15, -0.1) is 0 Å². The molecular weight excluding hydrogens is 518 g/mol. The maximum atomic E-state index is 13.4. The maximum absolute atomic E-state index is 13.4. The second-order valence-corrected chi connectivity index (χ2v) is 9.06. The van der Waals surface area contributed by atoms with Gasteiger partial charge in [0.2, 0.25) is 5.91 Å². The van der Waals surface area contributed by atoms with Crippen LogP contribution >= 0.6 is 46.4 Å². The van der Waals surface area contributed by atoms with E-state index >= 15 is 0 Å². The number of hydrogen-bond donors (Lipinski definition) is 1. The molecule has 3 rings (SSSR count). The minimum atomic E-state index is -0.837. The summed E-state index contributed by atoms with van der Waals surface area (Å²) in [6.45, 7) is -0.342. The van der Waals surface area contributed by atoms with Gasteiger partial charge in [-0.2, -0.15) is 0 Å². The number of carbonyl (C=O) groups is 2. The molecule has 2 amide bonds. The van der Waals surface area contributed by atoms with Crippen LogP contribution in [0.5, 0.6) is 5.75 Å². The zero-order chi connectivity index (χ0) is 24.7. The normalized spacial score (nSPS) is 11.6. The lowest BCUT2D eigenvalue weighted by atomic mass is 10.0. The van der Waals surface area contributed by atoms with Crippen molar-refractivity contribution in [2.45, 2.75) is 19.0 Å². The summed E-state index contributed by atoms with van der Waals surface area (Å²) in [6, 6.07) is 18.4. The van der Waals surface area contributed by atoms with Crippen LogP contribution in [-0.2, 0) is 22.6 Å². The topological polar surface area (TPSA) is 58.6 Å². The number of nitrogens with zero attached hydrogens (tertiary/aromatic N) is 1. The Morgan fingerprint density at radius 3 is 2.21 bits per heavy atom. The minimum absolute atomic E-state index is 0.0139. The van der Waals surface area contributed by atoms with Gasteiger partial charge < -0.3 is 15.0 Å². The third kappa shape index (κ3) is 6.80. The molecule has 1 N–H and O–H groups in total. The number of hydrogen-bond acceptors (Lipinski definition) is 3. The first-order valence-electron chi connectivity index (χ1n) is 10.4. The molecule has 3 aromatic rings. The lowest BCUT2D eigenvalue weighted by Crippen LogP contribution is -2.51. The summed E-state index contributed by atoms with van der Waals surface area (Å²) in [5, 5.41) is 4.15. The zero-order valence-electron chi connectivity index (χ0n) is 18.2. The number of halogens is 4. The molecule has 0 aliphatic rings. The fourth-order valence-corrected chi connectivity index (χ4v) is 4.37. The van der Waals surface area contributed by atoms with E-state index in [1.165, 1.54) is 18.0 Å². The van der Waals surface area contributed by atoms with Crippen molar-refractivity contribution in [3.8, 4) is 5.75 Å². The first kappa shape index (κ1) is 26.2. The molecule has 5 nitrogen and oxygen atoms in total. The molecule has 178 valence electrons. The van der Waals surface area contributed by atoms with Crippen LogP contribution in [0.15, 0.2) is 66.7 Å². The van der Waals surface area contributed by atoms with Crippen LogP contribution in [0.1, 0.15) is 11.1 Å². The molecule has 0 saturated carbocycles. The van der Waals surface area contributed by atoms with Crippen molar-refractivity contribution in [2.75, 3.05) is 13.7 Å². The average molecular weight is 540 g/mol. The fourth-order valence-electron chi connectivity index (χ4n) is 3.39. The predicted molar refractivity (Wildman–Crippen MR) is 137 cm³/mol. The highest BCUT2D eigenvalue weighted by Gasteiger charge is 2.31. The van der Waals surface area contributed by atoms with E-state index in [4.69, 9.17) is 51.1 Å². The molecule has 0 spiro atoms. The second kappa shape index (κ2) is 12.3. The minimum Gasteiger partial charge on any atom is -0.482 e. The Labute approximate surface area is 218 Å². The SMILES string of the molecule is CNC(=O)C(Cc1ccccc1)N(Cc1c(Cl)cccc1Cl)C(=O)COc1ccc(Cl)cc1Cl. The molecule has 1 unspecified atom stereocenters. The van der Waals surface area contributed by atoms with Gasteiger partial charge >= 0.3 is 0 Å². The fraction of sp³-hybridized carbons (Fsp3) is 0.200. The monoisotopic (exact) mass is 538 g/mol. The van der Waals surface area contributed by atoms with E-state index in [1.807, 2.05) is 30.3 Å². The standard InChI is InChI=1S/C25H22Cl4N2O3/c1-30-25(33)22(12-16-6-3-2-4-7-16)31(14-18-19(27)8-5-9-20(18)28)24(32)15-34-23-11-10-17(26)13-21(23)29/h2-11,13,22H,12,14-15H2,1H3,(H,30,33). The highest BCUT2D eigenvalue weighted by molar-refractivity contribution is 6.36. The molecule has 0 radical (unpaired) electrons. The number of benzene rings is 3. The Kier molecular flexibility index (Phi) is 9.48. The van der Waals surface area contributed by atoms with Gasteiger partial charge in [-0.05, 0) is 35.9 Å². The van der Waals surface area contributed by atoms with Crippen molar-refractivity contribution in [1.29, 1.82) is 0 Å². The zero-order valence-corrected chi connectivity index (χ0v) is 21.3. The molecule has 0 aliphatic heterocycles. The molecule has 3 aromatic carbocycles. The lowest BCUT2D eigenvalue weighted by Gasteiger charge is -2.31. The van der Waals surface area contributed by atoms with Gasteiger partial charge in [-0.3, -0.25) is 9.59 Å². The molecule has 9 heteroatoms. The van der Waals surface area contributed by atoms with E-state index in [9.17, 15) is 9.59 Å². The van der Waals surface area contributed by atoms with E-state index in [0.29, 0.717) is 26.4 Å². The highest BCUT2D eigenvalue weighted by Crippen LogP contribution is 2.29. The summed E-state index contributed by atoms with van der Waals surface area (Å²) in [5.74, 6) is -0.467. The maximum Gasteiger partial charge on any atom is 0.261 e. The Balaban J connectivity index is 1.93. The highest BCUT2D eigenvalue weighted by atomic mass is 35.5. The van der Waals surface area contributed by atoms with Crippen LogP contribution < -0.4 is 10.1 Å². The lowest BCUT2D eigenvalue weighted by molar-refractivity contribution is -0.142. The van der Waals surface area contributed by atoms with Crippen molar-refractivity contribution < 1.29 is 14.3 Å². The molecule has 0 saturated heterocycles. The first-order valence-corrected chi connectivity index (χ1v) is 11.9. The van der Waals surface area contributed by atoms with Crippen LogP contribution in [0, 0.1) is 0 Å². The summed E-state index contributed by atoms with van der Waals surface area (Å²) in [6.07, 6.45) is 0.288. The summed E-state index contributed by atoms with van der Waals surface area (Å²) >= 11 is 24.9. The largest absolute Gasteiger partial charge is 0.482 e.